The van der Waals surface area contributed by atoms with Crippen molar-refractivity contribution in [2.45, 2.75) is 134 Å². The van der Waals surface area contributed by atoms with Gasteiger partial charge in [-0.05, 0) is 113 Å². The molecule has 5 fully saturated rings. The molecule has 2 saturated heterocycles. The molecule has 2 aliphatic heterocycles. The lowest BCUT2D eigenvalue weighted by Gasteiger charge is -2.41. The maximum Gasteiger partial charge on any atom is 0.255 e. The molecule has 2 aromatic heterocycles. The summed E-state index contributed by atoms with van der Waals surface area (Å²) in [5.41, 5.74) is 2.88. The lowest BCUT2D eigenvalue weighted by atomic mass is 9.85. The number of hydrogen-bond donors (Lipinski definition) is 1. The second-order valence-electron chi connectivity index (χ2n) is 19.9. The fourth-order valence-corrected chi connectivity index (χ4v) is 11.2. The third kappa shape index (κ3) is 9.27. The van der Waals surface area contributed by atoms with Gasteiger partial charge in [-0.3, -0.25) is 19.2 Å². The molecule has 3 saturated carbocycles. The third-order valence-corrected chi connectivity index (χ3v) is 15.4. The summed E-state index contributed by atoms with van der Waals surface area (Å²) in [4.78, 5) is 60.6. The molecule has 2 unspecified atom stereocenters. The molecule has 0 bridgehead atoms. The number of para-hydroxylation sites is 2. The Hall–Kier alpha value is -4.28. The zero-order chi connectivity index (χ0) is 42.7. The van der Waals surface area contributed by atoms with Crippen LogP contribution in [0.1, 0.15) is 121 Å². The van der Waals surface area contributed by atoms with Gasteiger partial charge < -0.3 is 29.2 Å². The van der Waals surface area contributed by atoms with Gasteiger partial charge >= 0.3 is 0 Å². The Balaban J connectivity index is 0.000000171. The quantitative estimate of drug-likeness (QED) is 0.175. The van der Waals surface area contributed by atoms with Crippen LogP contribution in [0.5, 0.6) is 0 Å². The average molecular weight is 831 g/mol. The van der Waals surface area contributed by atoms with Gasteiger partial charge in [0.2, 0.25) is 11.8 Å². The lowest BCUT2D eigenvalue weighted by Crippen LogP contribution is -2.54. The molecular formula is C51H70N6O4. The SMILES string of the molecule is Cn1c(=O)c(CN(C(=O)C2CCCCC2)C2(C)CCN(CC3CCC3)C2)cc2ccccc21.Cn1c(=O)c(CN(C(=O)C2CCCCC2)C2(C)CCNC2)cc2ccccc21. The van der Waals surface area contributed by atoms with Gasteiger partial charge in [-0.15, -0.1) is 0 Å². The van der Waals surface area contributed by atoms with Crippen LogP contribution in [0, 0.1) is 17.8 Å². The van der Waals surface area contributed by atoms with E-state index in [-0.39, 0.29) is 45.8 Å². The highest BCUT2D eigenvalue weighted by Gasteiger charge is 2.44. The van der Waals surface area contributed by atoms with Crippen LogP contribution < -0.4 is 16.4 Å². The van der Waals surface area contributed by atoms with Crippen LogP contribution >= 0.6 is 0 Å². The maximum atomic E-state index is 13.9. The molecule has 2 amide bonds. The first-order valence-corrected chi connectivity index (χ1v) is 23.7. The van der Waals surface area contributed by atoms with Crippen LogP contribution in [-0.2, 0) is 36.8 Å². The number of aryl methyl sites for hydroxylation is 2. The number of hydrogen-bond acceptors (Lipinski definition) is 6. The normalized spacial score (nSPS) is 24.1. The Morgan fingerprint density at radius 2 is 1.15 bits per heavy atom. The maximum absolute atomic E-state index is 13.9. The molecular weight excluding hydrogens is 761 g/mol. The van der Waals surface area contributed by atoms with Crippen molar-refractivity contribution in [2.75, 3.05) is 32.7 Å². The molecule has 2 aromatic carbocycles. The molecule has 0 spiro atoms. The fourth-order valence-electron chi connectivity index (χ4n) is 11.2. The minimum absolute atomic E-state index is 0.00491. The molecule has 9 rings (SSSR count). The number of pyridine rings is 2. The number of likely N-dealkylation sites (tertiary alicyclic amines) is 1. The lowest BCUT2D eigenvalue weighted by molar-refractivity contribution is -0.144. The second-order valence-corrected chi connectivity index (χ2v) is 19.9. The molecule has 61 heavy (non-hydrogen) atoms. The first-order chi connectivity index (χ1) is 29.4. The van der Waals surface area contributed by atoms with Crippen molar-refractivity contribution in [1.82, 2.24) is 29.2 Å². The second kappa shape index (κ2) is 18.6. The number of benzene rings is 2. The zero-order valence-electron chi connectivity index (χ0n) is 37.4. The zero-order valence-corrected chi connectivity index (χ0v) is 37.4. The summed E-state index contributed by atoms with van der Waals surface area (Å²) in [5, 5.41) is 5.51. The number of aromatic nitrogens is 2. The summed E-state index contributed by atoms with van der Waals surface area (Å²) in [6.45, 7) is 10.1. The number of amides is 2. The highest BCUT2D eigenvalue weighted by Crippen LogP contribution is 2.37. The standard InChI is InChI=1S/C28H39N3O2.C23H31N3O2/c1-28(15-16-30(20-28)18-21-9-8-10-21)31(27(33)22-11-4-3-5-12-22)19-24-17-23-13-6-7-14-25(23)29(2)26(24)32;1-23(12-13-24-16-23)26(22(28)17-8-4-3-5-9-17)15-19-14-18-10-6-7-11-20(18)25(2)21(19)27/h6-7,13-14,17,21-22H,3-5,8-12,15-16,18-20H2,1-2H3;6-7,10-11,14,17,24H,3-5,8-9,12-13,15-16H2,1-2H3. The molecule has 328 valence electrons. The van der Waals surface area contributed by atoms with Gasteiger partial charge in [-0.1, -0.05) is 81.3 Å². The highest BCUT2D eigenvalue weighted by atomic mass is 16.2. The van der Waals surface area contributed by atoms with E-state index in [9.17, 15) is 19.2 Å². The molecule has 10 heteroatoms. The molecule has 1 N–H and O–H groups in total. The highest BCUT2D eigenvalue weighted by molar-refractivity contribution is 5.82. The van der Waals surface area contributed by atoms with Crippen molar-refractivity contribution in [3.63, 3.8) is 0 Å². The van der Waals surface area contributed by atoms with Crippen LogP contribution in [0.4, 0.5) is 0 Å². The number of nitrogens with zero attached hydrogens (tertiary/aromatic N) is 5. The molecule has 3 aliphatic carbocycles. The van der Waals surface area contributed by atoms with Crippen molar-refractivity contribution in [2.24, 2.45) is 31.8 Å². The van der Waals surface area contributed by atoms with E-state index in [2.05, 4.69) is 35.0 Å². The van der Waals surface area contributed by atoms with Gasteiger partial charge in [-0.25, -0.2) is 0 Å². The summed E-state index contributed by atoms with van der Waals surface area (Å²) in [7, 11) is 3.67. The topological polar surface area (TPSA) is 99.9 Å². The first kappa shape index (κ1) is 43.4. The van der Waals surface area contributed by atoms with E-state index in [1.54, 1.807) is 9.13 Å². The van der Waals surface area contributed by atoms with Crippen LogP contribution in [0.25, 0.3) is 21.8 Å². The number of fused-ring (bicyclic) bond motifs is 2. The van der Waals surface area contributed by atoms with E-state index < -0.39 is 0 Å². The van der Waals surface area contributed by atoms with Crippen molar-refractivity contribution in [3.8, 4) is 0 Å². The Morgan fingerprint density at radius 3 is 1.61 bits per heavy atom. The van der Waals surface area contributed by atoms with E-state index in [1.165, 1.54) is 38.6 Å². The fraction of sp³-hybridized carbons (Fsp3) is 0.608. The van der Waals surface area contributed by atoms with Gasteiger partial charge in [0, 0.05) is 63.2 Å². The Morgan fingerprint density at radius 1 is 0.656 bits per heavy atom. The van der Waals surface area contributed by atoms with E-state index in [1.807, 2.05) is 73.6 Å². The van der Waals surface area contributed by atoms with Crippen molar-refractivity contribution >= 4 is 33.6 Å². The van der Waals surface area contributed by atoms with Crippen LogP contribution in [-0.4, -0.2) is 79.4 Å². The average Bonchev–Trinajstić information content (AvgIpc) is 3.89. The Labute approximate surface area is 362 Å². The number of rotatable bonds is 10. The largest absolute Gasteiger partial charge is 0.331 e. The molecule has 5 aliphatic rings. The molecule has 4 aromatic rings. The van der Waals surface area contributed by atoms with Gasteiger partial charge in [0.05, 0.1) is 35.2 Å². The van der Waals surface area contributed by atoms with E-state index in [4.69, 9.17) is 0 Å². The van der Waals surface area contributed by atoms with Crippen molar-refractivity contribution < 1.29 is 9.59 Å². The van der Waals surface area contributed by atoms with E-state index >= 15 is 0 Å². The number of carbonyl (C=O) groups is 2. The predicted molar refractivity (Wildman–Crippen MR) is 245 cm³/mol. The van der Waals surface area contributed by atoms with E-state index in [0.29, 0.717) is 18.7 Å². The minimum Gasteiger partial charge on any atom is -0.331 e. The predicted octanol–water partition coefficient (Wildman–Crippen LogP) is 7.91. The van der Waals surface area contributed by atoms with Gasteiger partial charge in [0.1, 0.15) is 0 Å². The summed E-state index contributed by atoms with van der Waals surface area (Å²) < 4.78 is 3.46. The minimum atomic E-state index is -0.231. The smallest absolute Gasteiger partial charge is 0.255 e. The van der Waals surface area contributed by atoms with Crippen LogP contribution in [0.15, 0.2) is 70.3 Å². The van der Waals surface area contributed by atoms with Gasteiger partial charge in [0.25, 0.3) is 11.1 Å². The molecule has 4 heterocycles. The monoisotopic (exact) mass is 831 g/mol. The number of carbonyl (C=O) groups excluding carboxylic acids is 2. The van der Waals surface area contributed by atoms with Gasteiger partial charge in [0.15, 0.2) is 0 Å². The summed E-state index contributed by atoms with van der Waals surface area (Å²) in [6.07, 6.45) is 17.0. The van der Waals surface area contributed by atoms with Gasteiger partial charge in [-0.2, -0.15) is 0 Å². The molecule has 0 radical (unpaired) electrons. The summed E-state index contributed by atoms with van der Waals surface area (Å²) in [5.74, 6) is 1.57. The van der Waals surface area contributed by atoms with Crippen molar-refractivity contribution in [1.29, 1.82) is 0 Å². The Kier molecular flexibility index (Phi) is 13.2. The molecule has 10 nitrogen and oxygen atoms in total. The van der Waals surface area contributed by atoms with Crippen LogP contribution in [0.3, 0.4) is 0 Å². The van der Waals surface area contributed by atoms with Crippen molar-refractivity contribution in [3.05, 3.63) is 92.5 Å². The third-order valence-electron chi connectivity index (χ3n) is 15.4. The number of nitrogens with one attached hydrogen (secondary N) is 1. The molecule has 2 atom stereocenters. The summed E-state index contributed by atoms with van der Waals surface area (Å²) >= 11 is 0. The van der Waals surface area contributed by atoms with E-state index in [0.717, 1.165) is 124 Å². The first-order valence-electron chi connectivity index (χ1n) is 23.7. The van der Waals surface area contributed by atoms with Crippen LogP contribution in [0.2, 0.25) is 0 Å². The Bertz CT molecular complexity index is 2310. The summed E-state index contributed by atoms with van der Waals surface area (Å²) in [6, 6.07) is 20.0.